The number of benzene rings is 3. The van der Waals surface area contributed by atoms with E-state index in [9.17, 15) is 0 Å². The van der Waals surface area contributed by atoms with Crippen molar-refractivity contribution in [3.63, 3.8) is 0 Å². The van der Waals surface area contributed by atoms with Gasteiger partial charge in [0.1, 0.15) is 17.1 Å². The molecule has 156 valence electrons. The molecule has 3 aromatic rings. The molecule has 1 spiro atoms. The van der Waals surface area contributed by atoms with Crippen molar-refractivity contribution >= 4 is 10.8 Å². The van der Waals surface area contributed by atoms with E-state index >= 15 is 0 Å². The minimum absolute atomic E-state index is 0.0318. The summed E-state index contributed by atoms with van der Waals surface area (Å²) in [5, 5.41) is 6.59. The summed E-state index contributed by atoms with van der Waals surface area (Å²) < 4.78 is 12.2. The molecule has 0 radical (unpaired) electrons. The number of fused-ring (bicyclic) bond motifs is 2. The van der Waals surface area contributed by atoms with Gasteiger partial charge < -0.3 is 14.8 Å². The molecule has 0 aromatic heterocycles. The third kappa shape index (κ3) is 3.56. The molecule has 2 unspecified atom stereocenters. The van der Waals surface area contributed by atoms with Gasteiger partial charge in [0.05, 0.1) is 7.11 Å². The number of nitrogens with one attached hydrogen (secondary N) is 1. The fourth-order valence-corrected chi connectivity index (χ4v) is 5.45. The second kappa shape index (κ2) is 7.96. The Kier molecular flexibility index (Phi) is 5.16. The van der Waals surface area contributed by atoms with Crippen molar-refractivity contribution in [1.82, 2.24) is 5.32 Å². The third-order valence-corrected chi connectivity index (χ3v) is 7.00. The van der Waals surface area contributed by atoms with Crippen LogP contribution in [0, 0.1) is 0 Å². The quantitative estimate of drug-likeness (QED) is 0.526. The zero-order valence-corrected chi connectivity index (χ0v) is 18.0. The van der Waals surface area contributed by atoms with Gasteiger partial charge in [0, 0.05) is 24.1 Å². The van der Waals surface area contributed by atoms with Gasteiger partial charge in [-0.1, -0.05) is 48.9 Å². The summed E-state index contributed by atoms with van der Waals surface area (Å²) in [5.74, 6) is 1.91. The van der Waals surface area contributed by atoms with Crippen LogP contribution in [-0.2, 0) is 0 Å². The van der Waals surface area contributed by atoms with E-state index in [4.69, 9.17) is 9.47 Å². The zero-order valence-electron chi connectivity index (χ0n) is 18.0. The maximum Gasteiger partial charge on any atom is 0.125 e. The molecule has 1 heterocycles. The Labute approximate surface area is 179 Å². The molecular formula is C27H31NO2. The van der Waals surface area contributed by atoms with Crippen molar-refractivity contribution in [2.45, 2.75) is 63.1 Å². The van der Waals surface area contributed by atoms with E-state index in [1.807, 2.05) is 6.07 Å². The van der Waals surface area contributed by atoms with Gasteiger partial charge in [-0.05, 0) is 67.1 Å². The maximum atomic E-state index is 6.65. The molecule has 3 nitrogen and oxygen atoms in total. The van der Waals surface area contributed by atoms with Gasteiger partial charge in [0.15, 0.2) is 0 Å². The Morgan fingerprint density at radius 3 is 2.63 bits per heavy atom. The Bertz CT molecular complexity index is 1030. The number of hydrogen-bond acceptors (Lipinski definition) is 3. The van der Waals surface area contributed by atoms with Gasteiger partial charge in [0.25, 0.3) is 0 Å². The van der Waals surface area contributed by atoms with Gasteiger partial charge in [-0.25, -0.2) is 0 Å². The van der Waals surface area contributed by atoms with E-state index < -0.39 is 0 Å². The van der Waals surface area contributed by atoms with Crippen molar-refractivity contribution in [3.05, 3.63) is 71.8 Å². The first-order valence-electron chi connectivity index (χ1n) is 11.3. The van der Waals surface area contributed by atoms with Crippen LogP contribution in [0.5, 0.6) is 11.5 Å². The summed E-state index contributed by atoms with van der Waals surface area (Å²) in [6.07, 6.45) is 7.17. The van der Waals surface area contributed by atoms with Crippen LogP contribution >= 0.6 is 0 Å². The standard InChI is InChI=1S/C27H31NO2/c1-19(22-12-8-10-20-9-4-5-11-23(20)22)28-25-18-27(15-6-3-7-16-27)30-26-14-13-21(29-2)17-24(25)26/h4-5,8-14,17,19,25,28H,3,6-7,15-16,18H2,1-2H3. The van der Waals surface area contributed by atoms with Crippen LogP contribution in [0.2, 0.25) is 0 Å². The minimum Gasteiger partial charge on any atom is -0.497 e. The van der Waals surface area contributed by atoms with Crippen LogP contribution in [0.4, 0.5) is 0 Å². The summed E-state index contributed by atoms with van der Waals surface area (Å²) in [4.78, 5) is 0. The van der Waals surface area contributed by atoms with Gasteiger partial charge in [-0.15, -0.1) is 0 Å². The Hall–Kier alpha value is -2.52. The van der Waals surface area contributed by atoms with E-state index in [-0.39, 0.29) is 17.7 Å². The SMILES string of the molecule is COc1ccc2c(c1)C(NC(C)c1cccc3ccccc13)CC1(CCCCC1)O2. The lowest BCUT2D eigenvalue weighted by molar-refractivity contribution is -0.00397. The molecular weight excluding hydrogens is 370 g/mol. The van der Waals surface area contributed by atoms with Crippen molar-refractivity contribution < 1.29 is 9.47 Å². The molecule has 0 amide bonds. The number of hydrogen-bond donors (Lipinski definition) is 1. The van der Waals surface area contributed by atoms with Gasteiger partial charge >= 0.3 is 0 Å². The van der Waals surface area contributed by atoms with E-state index in [1.54, 1.807) is 7.11 Å². The highest BCUT2D eigenvalue weighted by Gasteiger charge is 2.42. The third-order valence-electron chi connectivity index (χ3n) is 7.00. The summed E-state index contributed by atoms with van der Waals surface area (Å²) in [5.41, 5.74) is 2.54. The van der Waals surface area contributed by atoms with Crippen LogP contribution in [-0.4, -0.2) is 12.7 Å². The minimum atomic E-state index is -0.0318. The summed E-state index contributed by atoms with van der Waals surface area (Å²) in [6, 6.07) is 22.0. The fourth-order valence-electron chi connectivity index (χ4n) is 5.45. The van der Waals surface area contributed by atoms with Crippen LogP contribution in [0.15, 0.2) is 60.7 Å². The molecule has 2 aliphatic rings. The highest BCUT2D eigenvalue weighted by atomic mass is 16.5. The molecule has 1 fully saturated rings. The van der Waals surface area contributed by atoms with Gasteiger partial charge in [0.2, 0.25) is 0 Å². The Balaban J connectivity index is 1.50. The second-order valence-electron chi connectivity index (χ2n) is 8.96. The lowest BCUT2D eigenvalue weighted by atomic mass is 9.76. The average Bonchev–Trinajstić information content (AvgIpc) is 2.79. The smallest absolute Gasteiger partial charge is 0.125 e. The largest absolute Gasteiger partial charge is 0.497 e. The monoisotopic (exact) mass is 401 g/mol. The van der Waals surface area contributed by atoms with Crippen molar-refractivity contribution in [1.29, 1.82) is 0 Å². The van der Waals surface area contributed by atoms with E-state index in [0.717, 1.165) is 30.8 Å². The lowest BCUT2D eigenvalue weighted by Crippen LogP contribution is -2.45. The summed E-state index contributed by atoms with van der Waals surface area (Å²) in [7, 11) is 1.73. The molecule has 0 bridgehead atoms. The van der Waals surface area contributed by atoms with Crippen LogP contribution in [0.1, 0.15) is 68.7 Å². The first-order valence-corrected chi connectivity index (χ1v) is 11.3. The first kappa shape index (κ1) is 19.4. The molecule has 1 saturated carbocycles. The van der Waals surface area contributed by atoms with Crippen LogP contribution in [0.25, 0.3) is 10.8 Å². The van der Waals surface area contributed by atoms with E-state index in [0.29, 0.717) is 0 Å². The number of rotatable bonds is 4. The topological polar surface area (TPSA) is 30.5 Å². The van der Waals surface area contributed by atoms with Gasteiger partial charge in [-0.2, -0.15) is 0 Å². The lowest BCUT2D eigenvalue weighted by Gasteiger charge is -2.45. The second-order valence-corrected chi connectivity index (χ2v) is 8.96. The predicted molar refractivity (Wildman–Crippen MR) is 122 cm³/mol. The van der Waals surface area contributed by atoms with Crippen molar-refractivity contribution in [2.24, 2.45) is 0 Å². The van der Waals surface area contributed by atoms with E-state index in [1.165, 1.54) is 41.2 Å². The maximum absolute atomic E-state index is 6.65. The normalized spacial score (nSPS) is 21.1. The molecule has 30 heavy (non-hydrogen) atoms. The molecule has 1 aliphatic carbocycles. The molecule has 1 N–H and O–H groups in total. The van der Waals surface area contributed by atoms with Crippen LogP contribution < -0.4 is 14.8 Å². The Morgan fingerprint density at radius 2 is 1.80 bits per heavy atom. The highest BCUT2D eigenvalue weighted by Crippen LogP contribution is 2.47. The zero-order chi connectivity index (χ0) is 20.6. The van der Waals surface area contributed by atoms with Crippen molar-refractivity contribution in [3.8, 4) is 11.5 Å². The summed E-state index contributed by atoms with van der Waals surface area (Å²) in [6.45, 7) is 2.28. The molecule has 2 atom stereocenters. The van der Waals surface area contributed by atoms with Crippen molar-refractivity contribution in [2.75, 3.05) is 7.11 Å². The van der Waals surface area contributed by atoms with E-state index in [2.05, 4.69) is 66.8 Å². The molecule has 5 rings (SSSR count). The first-order chi connectivity index (χ1) is 14.7. The number of ether oxygens (including phenoxy) is 2. The van der Waals surface area contributed by atoms with Gasteiger partial charge in [-0.3, -0.25) is 0 Å². The Morgan fingerprint density at radius 1 is 1.00 bits per heavy atom. The summed E-state index contributed by atoms with van der Waals surface area (Å²) >= 11 is 0. The molecule has 3 aromatic carbocycles. The number of methoxy groups -OCH3 is 1. The highest BCUT2D eigenvalue weighted by molar-refractivity contribution is 5.86. The molecule has 3 heteroatoms. The fraction of sp³-hybridized carbons (Fsp3) is 0.407. The molecule has 0 saturated heterocycles. The molecule has 1 aliphatic heterocycles. The predicted octanol–water partition coefficient (Wildman–Crippen LogP) is 6.73. The van der Waals surface area contributed by atoms with Crippen LogP contribution in [0.3, 0.4) is 0 Å². The average molecular weight is 402 g/mol.